The molecule has 0 atom stereocenters. The summed E-state index contributed by atoms with van der Waals surface area (Å²) < 4.78 is 1.12. The van der Waals surface area contributed by atoms with Gasteiger partial charge in [0.25, 0.3) is 0 Å². The Labute approximate surface area is 95.7 Å². The minimum absolute atomic E-state index is 1.04. The van der Waals surface area contributed by atoms with Crippen molar-refractivity contribution in [1.29, 1.82) is 0 Å². The normalized spacial score (nSPS) is 9.62. The molecule has 0 aliphatic heterocycles. The summed E-state index contributed by atoms with van der Waals surface area (Å²) in [5.74, 6) is 0. The topological polar surface area (TPSA) is 3.24 Å². The number of nitrogens with zero attached hydrogens (tertiary/aromatic N) is 1. The second-order valence-electron chi connectivity index (χ2n) is 2.92. The van der Waals surface area contributed by atoms with Gasteiger partial charge in [0, 0.05) is 0 Å². The summed E-state index contributed by atoms with van der Waals surface area (Å²) >= 11 is 5.93. The summed E-state index contributed by atoms with van der Waals surface area (Å²) in [6.45, 7) is 1.04. The van der Waals surface area contributed by atoms with Crippen LogP contribution >= 0.6 is 0 Å². The fourth-order valence-electron chi connectivity index (χ4n) is 1.03. The SMILES string of the molecule is CN(CCc1ccccc1)C(=[Se])[Se-]. The molecule has 1 nitrogen and oxygen atoms in total. The van der Waals surface area contributed by atoms with Gasteiger partial charge in [-0.3, -0.25) is 0 Å². The van der Waals surface area contributed by atoms with Crippen molar-refractivity contribution < 1.29 is 0 Å². The zero-order valence-electron chi connectivity index (χ0n) is 7.56. The third-order valence-electron chi connectivity index (χ3n) is 1.89. The van der Waals surface area contributed by atoms with E-state index in [1.807, 2.05) is 6.07 Å². The molecule has 0 spiro atoms. The minimum atomic E-state index is 1.04. The van der Waals surface area contributed by atoms with Gasteiger partial charge in [-0.05, 0) is 0 Å². The zero-order valence-corrected chi connectivity index (χ0v) is 11.0. The molecule has 0 saturated heterocycles. The van der Waals surface area contributed by atoms with Crippen LogP contribution in [0.3, 0.4) is 0 Å². The molecule has 0 aliphatic rings. The van der Waals surface area contributed by atoms with Crippen LogP contribution in [-0.2, 0) is 6.42 Å². The third kappa shape index (κ3) is 4.10. The third-order valence-corrected chi connectivity index (χ3v) is 3.20. The molecule has 0 fully saturated rings. The van der Waals surface area contributed by atoms with E-state index in [2.05, 4.69) is 67.8 Å². The predicted molar refractivity (Wildman–Crippen MR) is 59.3 cm³/mol. The van der Waals surface area contributed by atoms with Crippen LogP contribution in [0.15, 0.2) is 30.3 Å². The second-order valence-corrected chi connectivity index (χ2v) is 5.86. The van der Waals surface area contributed by atoms with Crippen molar-refractivity contribution in [2.45, 2.75) is 6.42 Å². The summed E-state index contributed by atoms with van der Waals surface area (Å²) in [5.41, 5.74) is 1.38. The van der Waals surface area contributed by atoms with Gasteiger partial charge in [0.15, 0.2) is 0 Å². The number of rotatable bonds is 4. The first-order valence-corrected chi connectivity index (χ1v) is 5.87. The number of hydrogen-bond acceptors (Lipinski definition) is 1. The van der Waals surface area contributed by atoms with E-state index in [0.717, 1.165) is 16.4 Å². The average Bonchev–Trinajstić information content (AvgIpc) is 2.15. The zero-order chi connectivity index (χ0) is 9.68. The van der Waals surface area contributed by atoms with Crippen LogP contribution in [-0.4, -0.2) is 53.5 Å². The van der Waals surface area contributed by atoms with E-state index in [9.17, 15) is 0 Å². The predicted octanol–water partition coefficient (Wildman–Crippen LogP) is 0.585. The molecular formula is C10H12NSe2-. The van der Waals surface area contributed by atoms with Crippen LogP contribution in [0.4, 0.5) is 0 Å². The second kappa shape index (κ2) is 5.62. The van der Waals surface area contributed by atoms with E-state index in [-0.39, 0.29) is 0 Å². The van der Waals surface area contributed by atoms with Crippen molar-refractivity contribution in [2.24, 2.45) is 0 Å². The number of hydrogen-bond donors (Lipinski definition) is 0. The van der Waals surface area contributed by atoms with E-state index >= 15 is 0 Å². The van der Waals surface area contributed by atoms with Crippen molar-refractivity contribution in [3.8, 4) is 0 Å². The maximum absolute atomic E-state index is 2.96. The Bertz CT molecular complexity index is 272. The Morgan fingerprint density at radius 1 is 1.38 bits per heavy atom. The van der Waals surface area contributed by atoms with E-state index < -0.39 is 0 Å². The van der Waals surface area contributed by atoms with Gasteiger partial charge < -0.3 is 0 Å². The van der Waals surface area contributed by atoms with Gasteiger partial charge in [-0.1, -0.05) is 0 Å². The van der Waals surface area contributed by atoms with Crippen LogP contribution < -0.4 is 0 Å². The van der Waals surface area contributed by atoms with Crippen molar-refractivity contribution in [3.63, 3.8) is 0 Å². The molecule has 0 N–H and O–H groups in total. The van der Waals surface area contributed by atoms with Gasteiger partial charge in [0.2, 0.25) is 0 Å². The summed E-state index contributed by atoms with van der Waals surface area (Å²) in [6, 6.07) is 10.5. The van der Waals surface area contributed by atoms with Crippen molar-refractivity contribution in [3.05, 3.63) is 35.9 Å². The van der Waals surface area contributed by atoms with Gasteiger partial charge in [-0.15, -0.1) is 0 Å². The summed E-state index contributed by atoms with van der Waals surface area (Å²) in [7, 11) is 2.07. The molecule has 13 heavy (non-hydrogen) atoms. The first-order valence-electron chi connectivity index (χ1n) is 4.16. The summed E-state index contributed by atoms with van der Waals surface area (Å²) in [6.07, 6.45) is 1.09. The van der Waals surface area contributed by atoms with Crippen LogP contribution in [0.5, 0.6) is 0 Å². The van der Waals surface area contributed by atoms with Crippen LogP contribution in [0.1, 0.15) is 5.56 Å². The van der Waals surface area contributed by atoms with E-state index in [1.54, 1.807) is 0 Å². The Hall–Kier alpha value is -0.0710. The van der Waals surface area contributed by atoms with Crippen LogP contribution in [0, 0.1) is 0 Å². The fourth-order valence-corrected chi connectivity index (χ4v) is 1.42. The van der Waals surface area contributed by atoms with Gasteiger partial charge in [0.05, 0.1) is 0 Å². The Kier molecular flexibility index (Phi) is 4.75. The maximum atomic E-state index is 2.96. The summed E-state index contributed by atoms with van der Waals surface area (Å²) in [4.78, 5) is 2.17. The molecule has 0 saturated carbocycles. The fraction of sp³-hybridized carbons (Fsp3) is 0.300. The molecule has 3 heteroatoms. The van der Waals surface area contributed by atoms with Crippen LogP contribution in [0.25, 0.3) is 0 Å². The van der Waals surface area contributed by atoms with Gasteiger partial charge in [-0.25, -0.2) is 0 Å². The molecule has 0 unspecified atom stereocenters. The molecule has 1 rings (SSSR count). The molecular weight excluding hydrogens is 292 g/mol. The van der Waals surface area contributed by atoms with Crippen molar-refractivity contribution in [1.82, 2.24) is 4.90 Å². The quantitative estimate of drug-likeness (QED) is 0.736. The molecule has 0 aromatic heterocycles. The molecule has 0 amide bonds. The first kappa shape index (κ1) is 11.0. The molecule has 1 aromatic carbocycles. The van der Waals surface area contributed by atoms with Gasteiger partial charge >= 0.3 is 95.8 Å². The van der Waals surface area contributed by atoms with Crippen molar-refractivity contribution in [2.75, 3.05) is 13.6 Å². The number of likely N-dealkylation sites (N-methyl/N-ethyl adjacent to an activating group) is 1. The van der Waals surface area contributed by atoms with Crippen LogP contribution in [0.2, 0.25) is 0 Å². The first-order chi connectivity index (χ1) is 6.20. The Balaban J connectivity index is 2.39. The standard InChI is InChI=1S/C10H13NSe2/c1-11(10(12)13)8-7-9-5-3-2-4-6-9/h2-6H,7-8H2,1H3,(H,12,13)/p-1. The van der Waals surface area contributed by atoms with E-state index in [0.29, 0.717) is 0 Å². The van der Waals surface area contributed by atoms with Gasteiger partial charge in [0.1, 0.15) is 0 Å². The molecule has 0 bridgehead atoms. The van der Waals surface area contributed by atoms with E-state index in [4.69, 9.17) is 0 Å². The average molecular weight is 304 g/mol. The Morgan fingerprint density at radius 3 is 2.54 bits per heavy atom. The van der Waals surface area contributed by atoms with Crippen molar-refractivity contribution >= 4 is 35.0 Å². The Morgan fingerprint density at radius 2 is 2.00 bits per heavy atom. The summed E-state index contributed by atoms with van der Waals surface area (Å²) in [5, 5.41) is 0. The molecule has 0 radical (unpaired) electrons. The molecule has 70 valence electrons. The van der Waals surface area contributed by atoms with E-state index in [1.165, 1.54) is 5.56 Å². The number of benzene rings is 1. The molecule has 0 aliphatic carbocycles. The monoisotopic (exact) mass is 306 g/mol. The van der Waals surface area contributed by atoms with Gasteiger partial charge in [-0.2, -0.15) is 0 Å². The molecule has 1 aromatic rings. The molecule has 0 heterocycles.